The third-order valence-corrected chi connectivity index (χ3v) is 3.10. The van der Waals surface area contributed by atoms with Crippen LogP contribution in [0.5, 0.6) is 5.88 Å². The van der Waals surface area contributed by atoms with Gasteiger partial charge >= 0.3 is 0 Å². The van der Waals surface area contributed by atoms with E-state index in [4.69, 9.17) is 4.74 Å². The summed E-state index contributed by atoms with van der Waals surface area (Å²) >= 11 is 3.34. The number of halogens is 3. The maximum Gasteiger partial charge on any atom is 0.233 e. The first-order valence-corrected chi connectivity index (χ1v) is 6.61. The van der Waals surface area contributed by atoms with E-state index in [9.17, 15) is 8.78 Å². The standard InChI is InChI=1S/C13H11BBrF2NO/c14-6-8-3-12(15)13(18-7-8)19-11-2-1-9(16)4-10(17)5-11/h1-5,7,10H,6,14H2. The number of allylic oxidation sites excluding steroid dienone is 5. The van der Waals surface area contributed by atoms with Gasteiger partial charge in [-0.2, -0.15) is 0 Å². The summed E-state index contributed by atoms with van der Waals surface area (Å²) in [6.07, 6.45) is 5.61. The maximum atomic E-state index is 13.3. The van der Waals surface area contributed by atoms with Crippen LogP contribution in [0.1, 0.15) is 5.56 Å². The molecule has 0 saturated carbocycles. The molecule has 0 aromatic carbocycles. The van der Waals surface area contributed by atoms with Gasteiger partial charge in [0.15, 0.2) is 0 Å². The Hall–Kier alpha value is -1.43. The summed E-state index contributed by atoms with van der Waals surface area (Å²) in [7, 11) is 2.02. The predicted molar refractivity (Wildman–Crippen MR) is 76.1 cm³/mol. The van der Waals surface area contributed by atoms with Gasteiger partial charge in [-0.05, 0) is 51.9 Å². The van der Waals surface area contributed by atoms with Crippen molar-refractivity contribution in [2.45, 2.75) is 12.5 Å². The molecule has 1 aromatic heterocycles. The lowest BCUT2D eigenvalue weighted by molar-refractivity contribution is 0.403. The van der Waals surface area contributed by atoms with Gasteiger partial charge in [-0.15, -0.1) is 0 Å². The molecule has 0 spiro atoms. The van der Waals surface area contributed by atoms with Gasteiger partial charge in [0.2, 0.25) is 5.88 Å². The molecule has 0 aliphatic heterocycles. The molecule has 98 valence electrons. The van der Waals surface area contributed by atoms with Gasteiger partial charge in [-0.25, -0.2) is 13.8 Å². The molecule has 1 aromatic rings. The molecule has 1 aliphatic rings. The second kappa shape index (κ2) is 6.15. The number of hydrogen-bond acceptors (Lipinski definition) is 2. The predicted octanol–water partition coefficient (Wildman–Crippen LogP) is 3.00. The lowest BCUT2D eigenvalue weighted by atomic mass is 9.99. The van der Waals surface area contributed by atoms with Crippen molar-refractivity contribution in [1.82, 2.24) is 4.98 Å². The van der Waals surface area contributed by atoms with E-state index < -0.39 is 12.0 Å². The highest BCUT2D eigenvalue weighted by Gasteiger charge is 2.11. The molecule has 19 heavy (non-hydrogen) atoms. The summed E-state index contributed by atoms with van der Waals surface area (Å²) in [6.45, 7) is 0. The molecule has 0 amide bonds. The van der Waals surface area contributed by atoms with Crippen LogP contribution in [0.25, 0.3) is 0 Å². The third kappa shape index (κ3) is 3.77. The molecule has 0 N–H and O–H groups in total. The van der Waals surface area contributed by atoms with Crippen LogP contribution in [0.15, 0.2) is 52.6 Å². The van der Waals surface area contributed by atoms with E-state index >= 15 is 0 Å². The molecule has 0 bridgehead atoms. The molecule has 0 radical (unpaired) electrons. The number of ether oxygens (including phenoxy) is 1. The summed E-state index contributed by atoms with van der Waals surface area (Å²) in [5, 5.41) is 0. The van der Waals surface area contributed by atoms with Gasteiger partial charge in [0.25, 0.3) is 0 Å². The highest BCUT2D eigenvalue weighted by Crippen LogP contribution is 2.26. The summed E-state index contributed by atoms with van der Waals surface area (Å²) < 4.78 is 32.5. The third-order valence-electron chi connectivity index (χ3n) is 2.54. The summed E-state index contributed by atoms with van der Waals surface area (Å²) in [5.41, 5.74) is 1.06. The van der Waals surface area contributed by atoms with Crippen LogP contribution in [0, 0.1) is 0 Å². The number of aromatic nitrogens is 1. The van der Waals surface area contributed by atoms with E-state index in [1.807, 2.05) is 13.9 Å². The van der Waals surface area contributed by atoms with Gasteiger partial charge in [-0.1, -0.05) is 6.32 Å². The smallest absolute Gasteiger partial charge is 0.233 e. The average Bonchev–Trinajstić information content (AvgIpc) is 2.53. The van der Waals surface area contributed by atoms with E-state index in [-0.39, 0.29) is 5.76 Å². The molecule has 6 heteroatoms. The van der Waals surface area contributed by atoms with Crippen molar-refractivity contribution in [2.75, 3.05) is 0 Å². The van der Waals surface area contributed by atoms with Crippen molar-refractivity contribution in [3.63, 3.8) is 0 Å². The van der Waals surface area contributed by atoms with E-state index in [1.54, 1.807) is 6.20 Å². The minimum atomic E-state index is -1.52. The second-order valence-electron chi connectivity index (χ2n) is 3.98. The van der Waals surface area contributed by atoms with Gasteiger partial charge in [0, 0.05) is 6.20 Å². The maximum absolute atomic E-state index is 13.3. The van der Waals surface area contributed by atoms with Crippen LogP contribution >= 0.6 is 15.9 Å². The summed E-state index contributed by atoms with van der Waals surface area (Å²) in [5.74, 6) is -0.0906. The first-order chi connectivity index (χ1) is 9.08. The van der Waals surface area contributed by atoms with E-state index in [0.717, 1.165) is 24.0 Å². The van der Waals surface area contributed by atoms with Crippen LogP contribution in [0.4, 0.5) is 8.78 Å². The van der Waals surface area contributed by atoms with Crippen LogP contribution in [-0.2, 0) is 6.32 Å². The van der Waals surface area contributed by atoms with E-state index in [1.165, 1.54) is 12.2 Å². The zero-order valence-corrected chi connectivity index (χ0v) is 11.8. The Balaban J connectivity index is 2.20. The van der Waals surface area contributed by atoms with Crippen molar-refractivity contribution < 1.29 is 13.5 Å². The van der Waals surface area contributed by atoms with Gasteiger partial charge < -0.3 is 4.74 Å². The second-order valence-corrected chi connectivity index (χ2v) is 4.84. The number of rotatable bonds is 3. The summed E-state index contributed by atoms with van der Waals surface area (Å²) in [4.78, 5) is 4.14. The molecule has 1 heterocycles. The zero-order valence-electron chi connectivity index (χ0n) is 10.2. The Bertz CT molecular complexity index is 572. The number of hydrogen-bond donors (Lipinski definition) is 0. The van der Waals surface area contributed by atoms with Gasteiger partial charge in [0.1, 0.15) is 25.6 Å². The molecule has 1 atom stereocenters. The minimum Gasteiger partial charge on any atom is -0.438 e. The zero-order chi connectivity index (χ0) is 13.8. The van der Waals surface area contributed by atoms with Gasteiger partial charge in [-0.3, -0.25) is 0 Å². The largest absolute Gasteiger partial charge is 0.438 e. The Morgan fingerprint density at radius 2 is 2.16 bits per heavy atom. The first-order valence-electron chi connectivity index (χ1n) is 5.82. The quantitative estimate of drug-likeness (QED) is 0.797. The monoisotopic (exact) mass is 325 g/mol. The fourth-order valence-corrected chi connectivity index (χ4v) is 2.02. The highest BCUT2D eigenvalue weighted by molar-refractivity contribution is 9.10. The van der Waals surface area contributed by atoms with Crippen LogP contribution in [-0.4, -0.2) is 19.0 Å². The molecule has 0 fully saturated rings. The highest BCUT2D eigenvalue weighted by atomic mass is 79.9. The number of pyridine rings is 1. The molecule has 2 rings (SSSR count). The molecule has 0 saturated heterocycles. The first kappa shape index (κ1) is 14.0. The molecule has 1 unspecified atom stereocenters. The van der Waals surface area contributed by atoms with Crippen LogP contribution in [0.2, 0.25) is 0 Å². The molecular weight excluding hydrogens is 315 g/mol. The summed E-state index contributed by atoms with van der Waals surface area (Å²) in [6, 6.07) is 1.88. The SMILES string of the molecule is BCc1cnc(OC2=CC(F)C=C(F)C=C2)c(Br)c1. The van der Waals surface area contributed by atoms with Crippen molar-refractivity contribution in [3.8, 4) is 5.88 Å². The van der Waals surface area contributed by atoms with Crippen molar-refractivity contribution in [1.29, 1.82) is 0 Å². The van der Waals surface area contributed by atoms with Crippen molar-refractivity contribution in [3.05, 3.63) is 58.2 Å². The van der Waals surface area contributed by atoms with Crippen molar-refractivity contribution in [2.24, 2.45) is 0 Å². The molecular formula is C13H11BBrF2NO. The Kier molecular flexibility index (Phi) is 4.53. The number of nitrogens with zero attached hydrogens (tertiary/aromatic N) is 1. The van der Waals surface area contributed by atoms with Crippen molar-refractivity contribution >= 4 is 23.8 Å². The number of alkyl halides is 1. The topological polar surface area (TPSA) is 22.1 Å². The lowest BCUT2D eigenvalue weighted by Gasteiger charge is -2.08. The Morgan fingerprint density at radius 1 is 1.37 bits per heavy atom. The molecule has 1 aliphatic carbocycles. The normalized spacial score (nSPS) is 18.6. The Morgan fingerprint density at radius 3 is 2.84 bits per heavy atom. The van der Waals surface area contributed by atoms with Gasteiger partial charge in [0.05, 0.1) is 4.47 Å². The van der Waals surface area contributed by atoms with E-state index in [0.29, 0.717) is 10.4 Å². The van der Waals surface area contributed by atoms with Crippen LogP contribution < -0.4 is 4.74 Å². The fourth-order valence-electron chi connectivity index (χ4n) is 1.54. The minimum absolute atomic E-state index is 0.217. The fraction of sp³-hybridized carbons (Fsp3) is 0.154. The lowest BCUT2D eigenvalue weighted by Crippen LogP contribution is -1.99. The molecule has 2 nitrogen and oxygen atoms in total. The van der Waals surface area contributed by atoms with E-state index in [2.05, 4.69) is 20.9 Å². The average molecular weight is 326 g/mol. The van der Waals surface area contributed by atoms with Crippen LogP contribution in [0.3, 0.4) is 0 Å². The Labute approximate surface area is 119 Å².